The van der Waals surface area contributed by atoms with E-state index in [0.29, 0.717) is 6.61 Å². The molecule has 3 nitrogen and oxygen atoms in total. The zero-order chi connectivity index (χ0) is 11.4. The van der Waals surface area contributed by atoms with Gasteiger partial charge in [-0.25, -0.2) is 0 Å². The Labute approximate surface area is 96.5 Å². The standard InChI is InChI=1S/C13H18N2O/c1-3-16-12-8-11(9-14-10-12)4-5-13(2)6-7-15-13/h4-5,8-10,15H,3,6-7H2,1-2H3. The first kappa shape index (κ1) is 11.1. The molecule has 1 aliphatic heterocycles. The number of aromatic nitrogens is 1. The summed E-state index contributed by atoms with van der Waals surface area (Å²) in [6.07, 6.45) is 9.08. The Morgan fingerprint density at radius 1 is 1.56 bits per heavy atom. The van der Waals surface area contributed by atoms with Gasteiger partial charge in [0.15, 0.2) is 0 Å². The van der Waals surface area contributed by atoms with Crippen LogP contribution in [-0.2, 0) is 0 Å². The lowest BCUT2D eigenvalue weighted by molar-refractivity contribution is 0.301. The topological polar surface area (TPSA) is 34.1 Å². The summed E-state index contributed by atoms with van der Waals surface area (Å²) in [5, 5.41) is 3.39. The average Bonchev–Trinajstić information content (AvgIpc) is 2.25. The zero-order valence-electron chi connectivity index (χ0n) is 9.86. The van der Waals surface area contributed by atoms with Crippen molar-refractivity contribution in [1.29, 1.82) is 0 Å². The molecule has 1 N–H and O–H groups in total. The van der Waals surface area contributed by atoms with Gasteiger partial charge in [0.1, 0.15) is 5.75 Å². The molecule has 1 fully saturated rings. The SMILES string of the molecule is CCOc1cncc(C=CC2(C)CCN2)c1. The molecule has 0 radical (unpaired) electrons. The summed E-state index contributed by atoms with van der Waals surface area (Å²) in [6, 6.07) is 2.01. The van der Waals surface area contributed by atoms with E-state index in [1.54, 1.807) is 6.20 Å². The third-order valence-electron chi connectivity index (χ3n) is 2.86. The van der Waals surface area contributed by atoms with Gasteiger partial charge in [-0.3, -0.25) is 4.98 Å². The van der Waals surface area contributed by atoms with E-state index in [-0.39, 0.29) is 5.54 Å². The van der Waals surface area contributed by atoms with E-state index in [1.807, 2.05) is 19.2 Å². The third-order valence-corrected chi connectivity index (χ3v) is 2.86. The Bertz CT molecular complexity index is 383. The number of hydrogen-bond acceptors (Lipinski definition) is 3. The van der Waals surface area contributed by atoms with Crippen LogP contribution in [0.4, 0.5) is 0 Å². The molecule has 1 aliphatic rings. The second-order valence-corrected chi connectivity index (χ2v) is 4.31. The maximum absolute atomic E-state index is 5.41. The van der Waals surface area contributed by atoms with Crippen LogP contribution in [0.1, 0.15) is 25.8 Å². The molecule has 0 aromatic carbocycles. The van der Waals surface area contributed by atoms with Crippen molar-refractivity contribution >= 4 is 6.08 Å². The lowest BCUT2D eigenvalue weighted by atomic mass is 9.89. The molecule has 0 aliphatic carbocycles. The normalized spacial score (nSPS) is 24.4. The van der Waals surface area contributed by atoms with Crippen LogP contribution in [0.2, 0.25) is 0 Å². The van der Waals surface area contributed by atoms with Crippen molar-refractivity contribution in [2.45, 2.75) is 25.8 Å². The Hall–Kier alpha value is -1.35. The summed E-state index contributed by atoms with van der Waals surface area (Å²) in [4.78, 5) is 4.15. The number of hydrogen-bond donors (Lipinski definition) is 1. The van der Waals surface area contributed by atoms with Gasteiger partial charge in [-0.1, -0.05) is 12.2 Å². The molecule has 1 aromatic rings. The molecule has 0 bridgehead atoms. The highest BCUT2D eigenvalue weighted by molar-refractivity contribution is 5.51. The van der Waals surface area contributed by atoms with E-state index < -0.39 is 0 Å². The van der Waals surface area contributed by atoms with E-state index in [4.69, 9.17) is 4.74 Å². The highest BCUT2D eigenvalue weighted by atomic mass is 16.5. The highest BCUT2D eigenvalue weighted by Gasteiger charge is 2.27. The highest BCUT2D eigenvalue weighted by Crippen LogP contribution is 2.21. The van der Waals surface area contributed by atoms with Crippen LogP contribution in [0.5, 0.6) is 5.75 Å². The van der Waals surface area contributed by atoms with Crippen LogP contribution in [0, 0.1) is 0 Å². The third kappa shape index (κ3) is 2.61. The van der Waals surface area contributed by atoms with E-state index in [0.717, 1.165) is 17.9 Å². The molecule has 3 heteroatoms. The van der Waals surface area contributed by atoms with Crippen LogP contribution in [0.3, 0.4) is 0 Å². The minimum Gasteiger partial charge on any atom is -0.492 e. The Balaban J connectivity index is 2.05. The Morgan fingerprint density at radius 3 is 3.00 bits per heavy atom. The summed E-state index contributed by atoms with van der Waals surface area (Å²) in [7, 11) is 0. The van der Waals surface area contributed by atoms with Crippen LogP contribution < -0.4 is 10.1 Å². The summed E-state index contributed by atoms with van der Waals surface area (Å²) in [5.74, 6) is 0.830. The first-order valence-electron chi connectivity index (χ1n) is 5.74. The molecule has 16 heavy (non-hydrogen) atoms. The number of nitrogens with one attached hydrogen (secondary N) is 1. The van der Waals surface area contributed by atoms with Crippen LogP contribution in [0.15, 0.2) is 24.5 Å². The first-order valence-corrected chi connectivity index (χ1v) is 5.74. The van der Waals surface area contributed by atoms with Gasteiger partial charge in [-0.15, -0.1) is 0 Å². The summed E-state index contributed by atoms with van der Waals surface area (Å²) in [6.45, 7) is 5.96. The average molecular weight is 218 g/mol. The van der Waals surface area contributed by atoms with Crippen molar-refractivity contribution in [1.82, 2.24) is 10.3 Å². The molecule has 1 saturated heterocycles. The van der Waals surface area contributed by atoms with Gasteiger partial charge in [0.05, 0.1) is 12.8 Å². The number of nitrogens with zero attached hydrogens (tertiary/aromatic N) is 1. The fourth-order valence-electron chi connectivity index (χ4n) is 1.71. The van der Waals surface area contributed by atoms with Crippen molar-refractivity contribution in [2.24, 2.45) is 0 Å². The molecular formula is C13H18N2O. The van der Waals surface area contributed by atoms with E-state index >= 15 is 0 Å². The van der Waals surface area contributed by atoms with Crippen LogP contribution >= 0.6 is 0 Å². The minimum absolute atomic E-state index is 0.168. The summed E-state index contributed by atoms with van der Waals surface area (Å²) < 4.78 is 5.41. The van der Waals surface area contributed by atoms with E-state index in [2.05, 4.69) is 29.4 Å². The van der Waals surface area contributed by atoms with Crippen molar-refractivity contribution in [2.75, 3.05) is 13.2 Å². The van der Waals surface area contributed by atoms with Crippen LogP contribution in [-0.4, -0.2) is 23.7 Å². The predicted octanol–water partition coefficient (Wildman–Crippen LogP) is 2.25. The second kappa shape index (κ2) is 4.66. The van der Waals surface area contributed by atoms with Crippen molar-refractivity contribution < 1.29 is 4.74 Å². The molecule has 1 aromatic heterocycles. The Morgan fingerprint density at radius 2 is 2.38 bits per heavy atom. The minimum atomic E-state index is 0.168. The van der Waals surface area contributed by atoms with Crippen LogP contribution in [0.25, 0.3) is 6.08 Å². The van der Waals surface area contributed by atoms with Gasteiger partial charge in [-0.05, 0) is 38.4 Å². The van der Waals surface area contributed by atoms with Crippen molar-refractivity contribution in [3.05, 3.63) is 30.1 Å². The molecule has 1 atom stereocenters. The number of ether oxygens (including phenoxy) is 1. The molecular weight excluding hydrogens is 200 g/mol. The first-order chi connectivity index (χ1) is 7.72. The van der Waals surface area contributed by atoms with Gasteiger partial charge in [0.2, 0.25) is 0 Å². The van der Waals surface area contributed by atoms with Gasteiger partial charge in [-0.2, -0.15) is 0 Å². The van der Waals surface area contributed by atoms with Gasteiger partial charge < -0.3 is 10.1 Å². The number of pyridine rings is 1. The molecule has 0 saturated carbocycles. The largest absolute Gasteiger partial charge is 0.492 e. The molecule has 2 heterocycles. The van der Waals surface area contributed by atoms with Gasteiger partial charge in [0, 0.05) is 11.7 Å². The summed E-state index contributed by atoms with van der Waals surface area (Å²) >= 11 is 0. The van der Waals surface area contributed by atoms with Gasteiger partial charge in [0.25, 0.3) is 0 Å². The predicted molar refractivity (Wildman–Crippen MR) is 65.5 cm³/mol. The monoisotopic (exact) mass is 218 g/mol. The Kier molecular flexibility index (Phi) is 3.25. The second-order valence-electron chi connectivity index (χ2n) is 4.31. The molecule has 0 spiro atoms. The smallest absolute Gasteiger partial charge is 0.138 e. The quantitative estimate of drug-likeness (QED) is 0.841. The van der Waals surface area contributed by atoms with Crippen molar-refractivity contribution in [3.8, 4) is 5.75 Å². The van der Waals surface area contributed by atoms with Crippen molar-refractivity contribution in [3.63, 3.8) is 0 Å². The summed E-state index contributed by atoms with van der Waals surface area (Å²) in [5.41, 5.74) is 1.25. The molecule has 2 rings (SSSR count). The lowest BCUT2D eigenvalue weighted by Crippen LogP contribution is -2.52. The van der Waals surface area contributed by atoms with E-state index in [1.165, 1.54) is 6.42 Å². The maximum atomic E-state index is 5.41. The zero-order valence-corrected chi connectivity index (χ0v) is 9.86. The maximum Gasteiger partial charge on any atom is 0.138 e. The molecule has 86 valence electrons. The fraction of sp³-hybridized carbons (Fsp3) is 0.462. The lowest BCUT2D eigenvalue weighted by Gasteiger charge is -2.37. The van der Waals surface area contributed by atoms with E-state index in [9.17, 15) is 0 Å². The molecule has 1 unspecified atom stereocenters. The fourth-order valence-corrected chi connectivity index (χ4v) is 1.71. The molecule has 0 amide bonds. The van der Waals surface area contributed by atoms with Gasteiger partial charge >= 0.3 is 0 Å². The number of rotatable bonds is 4.